The van der Waals surface area contributed by atoms with Crippen molar-refractivity contribution in [1.29, 1.82) is 0 Å². The smallest absolute Gasteiger partial charge is 0.277 e. The number of Topliss-reactive ketones (excluding diaryl/α,β-unsaturated/α-hetero) is 1. The van der Waals surface area contributed by atoms with Gasteiger partial charge in [0.25, 0.3) is 10.2 Å². The maximum Gasteiger partial charge on any atom is 0.277 e. The minimum Gasteiger partial charge on any atom is -0.298 e. The summed E-state index contributed by atoms with van der Waals surface area (Å²) in [6, 6.07) is -0.868. The summed E-state index contributed by atoms with van der Waals surface area (Å²) in [5.41, 5.74) is 0. The Kier molecular flexibility index (Phi) is 4.52. The molecule has 0 aliphatic carbocycles. The van der Waals surface area contributed by atoms with Gasteiger partial charge in [-0.05, 0) is 27.7 Å². The van der Waals surface area contributed by atoms with Crippen molar-refractivity contribution >= 4 is 16.0 Å². The van der Waals surface area contributed by atoms with Crippen LogP contribution in [0.25, 0.3) is 0 Å². The van der Waals surface area contributed by atoms with E-state index in [4.69, 9.17) is 0 Å². The zero-order chi connectivity index (χ0) is 10.6. The zero-order valence-corrected chi connectivity index (χ0v) is 9.10. The lowest BCUT2D eigenvalue weighted by Gasteiger charge is -2.13. The van der Waals surface area contributed by atoms with Crippen LogP contribution in [-0.4, -0.2) is 26.3 Å². The van der Waals surface area contributed by atoms with E-state index in [2.05, 4.69) is 9.44 Å². The lowest BCUT2D eigenvalue weighted by atomic mass is 10.3. The predicted molar refractivity (Wildman–Crippen MR) is 50.5 cm³/mol. The molecule has 0 saturated heterocycles. The van der Waals surface area contributed by atoms with Gasteiger partial charge in [-0.3, -0.25) is 4.79 Å². The second-order valence-corrected chi connectivity index (χ2v) is 4.70. The molecule has 2 N–H and O–H groups in total. The number of carbonyl (C=O) groups excluding carboxylic acids is 1. The van der Waals surface area contributed by atoms with Crippen LogP contribution in [0.1, 0.15) is 27.7 Å². The topological polar surface area (TPSA) is 75.3 Å². The van der Waals surface area contributed by atoms with Gasteiger partial charge in [-0.25, -0.2) is 0 Å². The van der Waals surface area contributed by atoms with Crippen molar-refractivity contribution < 1.29 is 13.2 Å². The van der Waals surface area contributed by atoms with Gasteiger partial charge in [-0.1, -0.05) is 0 Å². The van der Waals surface area contributed by atoms with Crippen molar-refractivity contribution in [2.45, 2.75) is 39.8 Å². The minimum atomic E-state index is -3.55. The fraction of sp³-hybridized carbons (Fsp3) is 0.857. The summed E-state index contributed by atoms with van der Waals surface area (Å²) in [5.74, 6) is -0.214. The Labute approximate surface area is 79.1 Å². The maximum atomic E-state index is 11.2. The van der Waals surface area contributed by atoms with Gasteiger partial charge in [0.2, 0.25) is 0 Å². The maximum absolute atomic E-state index is 11.2. The molecule has 6 heteroatoms. The molecule has 0 spiro atoms. The van der Waals surface area contributed by atoms with Gasteiger partial charge < -0.3 is 0 Å². The second kappa shape index (κ2) is 4.69. The first-order chi connectivity index (χ1) is 5.74. The summed E-state index contributed by atoms with van der Waals surface area (Å²) >= 11 is 0. The van der Waals surface area contributed by atoms with Crippen LogP contribution in [-0.2, 0) is 15.0 Å². The van der Waals surface area contributed by atoms with Crippen molar-refractivity contribution in [3.05, 3.63) is 0 Å². The summed E-state index contributed by atoms with van der Waals surface area (Å²) in [7, 11) is -3.55. The molecule has 0 radical (unpaired) electrons. The van der Waals surface area contributed by atoms with Gasteiger partial charge in [-0.2, -0.15) is 17.9 Å². The number of ketones is 1. The third kappa shape index (κ3) is 5.73. The highest BCUT2D eigenvalue weighted by Gasteiger charge is 2.17. The lowest BCUT2D eigenvalue weighted by Crippen LogP contribution is -2.46. The Morgan fingerprint density at radius 3 is 1.92 bits per heavy atom. The summed E-state index contributed by atoms with van der Waals surface area (Å²) in [6.07, 6.45) is 0. The van der Waals surface area contributed by atoms with Crippen molar-refractivity contribution in [3.8, 4) is 0 Å². The average molecular weight is 208 g/mol. The van der Waals surface area contributed by atoms with E-state index in [-0.39, 0.29) is 11.8 Å². The van der Waals surface area contributed by atoms with E-state index in [9.17, 15) is 13.2 Å². The highest BCUT2D eigenvalue weighted by atomic mass is 32.2. The van der Waals surface area contributed by atoms with Gasteiger partial charge in [0.05, 0.1) is 6.04 Å². The molecule has 0 rings (SSSR count). The van der Waals surface area contributed by atoms with E-state index < -0.39 is 16.3 Å². The number of carbonyl (C=O) groups is 1. The van der Waals surface area contributed by atoms with E-state index in [1.165, 1.54) is 13.8 Å². The molecule has 1 unspecified atom stereocenters. The normalized spacial score (nSPS) is 14.5. The van der Waals surface area contributed by atoms with Crippen LogP contribution >= 0.6 is 0 Å². The molecule has 0 saturated carbocycles. The summed E-state index contributed by atoms with van der Waals surface area (Å²) in [5, 5.41) is 0. The molecular formula is C7H16N2O3S. The molecule has 0 amide bonds. The Hall–Kier alpha value is -0.460. The van der Waals surface area contributed by atoms with Crippen LogP contribution in [0.4, 0.5) is 0 Å². The number of rotatable bonds is 5. The minimum absolute atomic E-state index is 0.184. The van der Waals surface area contributed by atoms with Crippen LogP contribution < -0.4 is 9.44 Å². The van der Waals surface area contributed by atoms with Crippen LogP contribution in [0.3, 0.4) is 0 Å². The van der Waals surface area contributed by atoms with Gasteiger partial charge in [-0.15, -0.1) is 0 Å². The van der Waals surface area contributed by atoms with Gasteiger partial charge in [0.15, 0.2) is 0 Å². The van der Waals surface area contributed by atoms with E-state index >= 15 is 0 Å². The van der Waals surface area contributed by atoms with Crippen LogP contribution in [0.15, 0.2) is 0 Å². The van der Waals surface area contributed by atoms with Crippen molar-refractivity contribution in [2.75, 3.05) is 0 Å². The van der Waals surface area contributed by atoms with E-state index in [0.29, 0.717) is 0 Å². The third-order valence-corrected chi connectivity index (χ3v) is 2.78. The van der Waals surface area contributed by atoms with Gasteiger partial charge in [0.1, 0.15) is 5.78 Å². The quantitative estimate of drug-likeness (QED) is 0.657. The van der Waals surface area contributed by atoms with Crippen LogP contribution in [0.5, 0.6) is 0 Å². The predicted octanol–water partition coefficient (Wildman–Crippen LogP) is -0.204. The van der Waals surface area contributed by atoms with Crippen molar-refractivity contribution in [1.82, 2.24) is 9.44 Å². The highest BCUT2D eigenvalue weighted by molar-refractivity contribution is 7.87. The van der Waals surface area contributed by atoms with Crippen molar-refractivity contribution in [2.24, 2.45) is 0 Å². The number of hydrogen-bond acceptors (Lipinski definition) is 3. The Morgan fingerprint density at radius 1 is 1.15 bits per heavy atom. The molecule has 0 heterocycles. The molecule has 0 aliphatic rings. The van der Waals surface area contributed by atoms with Gasteiger partial charge in [0, 0.05) is 6.04 Å². The van der Waals surface area contributed by atoms with Crippen LogP contribution in [0, 0.1) is 0 Å². The first-order valence-corrected chi connectivity index (χ1v) is 5.53. The standard InChI is InChI=1S/C7H16N2O3S/c1-5(2)8-13(11,12)9-6(3)7(4)10/h5-6,8-9H,1-4H3. The van der Waals surface area contributed by atoms with E-state index in [1.807, 2.05) is 0 Å². The second-order valence-electron chi connectivity index (χ2n) is 3.23. The molecule has 5 nitrogen and oxygen atoms in total. The molecule has 0 fully saturated rings. The molecule has 1 atom stereocenters. The third-order valence-electron chi connectivity index (χ3n) is 1.33. The molecule has 78 valence electrons. The molecule has 0 aromatic carbocycles. The first kappa shape index (κ1) is 12.5. The molecule has 0 bridgehead atoms. The summed E-state index contributed by atoms with van der Waals surface area (Å²) < 4.78 is 26.9. The summed E-state index contributed by atoms with van der Waals surface area (Å²) in [4.78, 5) is 10.8. The Balaban J connectivity index is 4.27. The fourth-order valence-electron chi connectivity index (χ4n) is 0.660. The SMILES string of the molecule is CC(=O)C(C)NS(=O)(=O)NC(C)C. The number of nitrogens with one attached hydrogen (secondary N) is 2. The number of hydrogen-bond donors (Lipinski definition) is 2. The zero-order valence-electron chi connectivity index (χ0n) is 8.29. The van der Waals surface area contributed by atoms with E-state index in [1.54, 1.807) is 13.8 Å². The Morgan fingerprint density at radius 2 is 1.62 bits per heavy atom. The summed E-state index contributed by atoms with van der Waals surface area (Å²) in [6.45, 7) is 6.25. The molecule has 0 aliphatic heterocycles. The largest absolute Gasteiger partial charge is 0.298 e. The van der Waals surface area contributed by atoms with E-state index in [0.717, 1.165) is 0 Å². The van der Waals surface area contributed by atoms with Crippen molar-refractivity contribution in [3.63, 3.8) is 0 Å². The fourth-order valence-corrected chi connectivity index (χ4v) is 1.98. The lowest BCUT2D eigenvalue weighted by molar-refractivity contribution is -0.118. The Bertz CT molecular complexity index is 271. The van der Waals surface area contributed by atoms with Crippen LogP contribution in [0.2, 0.25) is 0 Å². The average Bonchev–Trinajstić information content (AvgIpc) is 1.81. The molecule has 0 aromatic heterocycles. The monoisotopic (exact) mass is 208 g/mol. The van der Waals surface area contributed by atoms with Gasteiger partial charge >= 0.3 is 0 Å². The molecule has 13 heavy (non-hydrogen) atoms. The first-order valence-electron chi connectivity index (χ1n) is 4.04. The molecule has 0 aromatic rings. The molecular weight excluding hydrogens is 192 g/mol. The highest BCUT2D eigenvalue weighted by Crippen LogP contribution is 1.89.